The Morgan fingerprint density at radius 1 is 1.29 bits per heavy atom. The molecule has 3 atom stereocenters. The van der Waals surface area contributed by atoms with Crippen LogP contribution in [-0.2, 0) is 14.3 Å². The molecule has 5 heteroatoms. The zero-order valence-electron chi connectivity index (χ0n) is 12.3. The Hall–Kier alpha value is -1.72. The van der Waals surface area contributed by atoms with Crippen LogP contribution in [-0.4, -0.2) is 36.1 Å². The molecule has 1 aromatic carbocycles. The minimum absolute atomic E-state index is 0.0335. The molecule has 0 saturated carbocycles. The van der Waals surface area contributed by atoms with Crippen molar-refractivity contribution in [3.05, 3.63) is 30.3 Å². The lowest BCUT2D eigenvalue weighted by Crippen LogP contribution is -2.54. The molecule has 0 spiro atoms. The summed E-state index contributed by atoms with van der Waals surface area (Å²) in [7, 11) is 0. The Kier molecular flexibility index (Phi) is 3.55. The van der Waals surface area contributed by atoms with Gasteiger partial charge in [0.1, 0.15) is 0 Å². The van der Waals surface area contributed by atoms with Crippen LogP contribution in [0.4, 0.5) is 5.69 Å². The monoisotopic (exact) mass is 288 g/mol. The number of hydrogen-bond acceptors (Lipinski definition) is 4. The Morgan fingerprint density at radius 3 is 2.62 bits per heavy atom. The molecule has 0 aromatic heterocycles. The van der Waals surface area contributed by atoms with E-state index in [1.54, 1.807) is 12.1 Å². The van der Waals surface area contributed by atoms with Gasteiger partial charge in [-0.05, 0) is 32.4 Å². The molecule has 0 radical (unpaired) electrons. The van der Waals surface area contributed by atoms with Crippen LogP contribution in [0.15, 0.2) is 30.3 Å². The lowest BCUT2D eigenvalue weighted by molar-refractivity contribution is -0.121. The maximum Gasteiger partial charge on any atom is 0.251 e. The van der Waals surface area contributed by atoms with E-state index in [-0.39, 0.29) is 29.9 Å². The molecule has 3 unspecified atom stereocenters. The highest BCUT2D eigenvalue weighted by atomic mass is 16.5. The Balaban J connectivity index is 1.78. The number of hydrogen-bond donors (Lipinski definition) is 1. The summed E-state index contributed by atoms with van der Waals surface area (Å²) in [5, 5.41) is 3.35. The molecule has 2 aliphatic rings. The summed E-state index contributed by atoms with van der Waals surface area (Å²) in [6, 6.07) is 8.60. The van der Waals surface area contributed by atoms with E-state index in [0.29, 0.717) is 12.3 Å². The average Bonchev–Trinajstić information content (AvgIpc) is 2.92. The zero-order chi connectivity index (χ0) is 15.0. The predicted octanol–water partition coefficient (Wildman–Crippen LogP) is 1.48. The smallest absolute Gasteiger partial charge is 0.251 e. The third-order valence-corrected chi connectivity index (χ3v) is 4.55. The molecular formula is C16H20N2O3. The number of para-hydroxylation sites is 1. The largest absolute Gasteiger partial charge is 0.377 e. The van der Waals surface area contributed by atoms with Crippen molar-refractivity contribution in [2.24, 2.45) is 0 Å². The highest BCUT2D eigenvalue weighted by Gasteiger charge is 2.45. The fourth-order valence-corrected chi connectivity index (χ4v) is 3.02. The van der Waals surface area contributed by atoms with Crippen LogP contribution < -0.4 is 10.2 Å². The van der Waals surface area contributed by atoms with Crippen LogP contribution in [0.2, 0.25) is 0 Å². The molecule has 1 N–H and O–H groups in total. The number of anilines is 1. The van der Waals surface area contributed by atoms with Gasteiger partial charge in [0.2, 0.25) is 5.91 Å². The number of rotatable bonds is 3. The van der Waals surface area contributed by atoms with Gasteiger partial charge in [0, 0.05) is 12.1 Å². The number of amides is 2. The lowest BCUT2D eigenvalue weighted by Gasteiger charge is -2.31. The molecule has 3 rings (SSSR count). The van der Waals surface area contributed by atoms with Crippen molar-refractivity contribution in [1.29, 1.82) is 0 Å². The second-order valence-corrected chi connectivity index (χ2v) is 5.98. The quantitative estimate of drug-likeness (QED) is 0.856. The van der Waals surface area contributed by atoms with Gasteiger partial charge in [-0.1, -0.05) is 18.2 Å². The number of nitrogens with zero attached hydrogens (tertiary/aromatic N) is 1. The first kappa shape index (κ1) is 14.2. The number of nitrogens with one attached hydrogen (secondary N) is 1. The summed E-state index contributed by atoms with van der Waals surface area (Å²) in [6.07, 6.45) is 1.08. The fourth-order valence-electron chi connectivity index (χ4n) is 3.02. The van der Waals surface area contributed by atoms with E-state index in [4.69, 9.17) is 4.74 Å². The van der Waals surface area contributed by atoms with Gasteiger partial charge in [0.25, 0.3) is 5.91 Å². The minimum atomic E-state index is -0.466. The molecule has 2 amide bonds. The van der Waals surface area contributed by atoms with Crippen LogP contribution in [0.5, 0.6) is 0 Å². The number of imide groups is 1. The number of carbonyl (C=O) groups is 2. The van der Waals surface area contributed by atoms with Crippen LogP contribution in [0.1, 0.15) is 26.7 Å². The molecule has 21 heavy (non-hydrogen) atoms. The van der Waals surface area contributed by atoms with Gasteiger partial charge in [-0.2, -0.15) is 0 Å². The summed E-state index contributed by atoms with van der Waals surface area (Å²) in [4.78, 5) is 26.0. The molecule has 2 heterocycles. The van der Waals surface area contributed by atoms with Crippen molar-refractivity contribution in [2.75, 3.05) is 11.5 Å². The fraction of sp³-hybridized carbons (Fsp3) is 0.500. The molecule has 0 bridgehead atoms. The third kappa shape index (κ3) is 2.47. The predicted molar refractivity (Wildman–Crippen MR) is 78.9 cm³/mol. The molecule has 2 aliphatic heterocycles. The number of carbonyl (C=O) groups excluding carboxylic acids is 2. The average molecular weight is 288 g/mol. The minimum Gasteiger partial charge on any atom is -0.377 e. The van der Waals surface area contributed by atoms with Crippen LogP contribution in [0, 0.1) is 0 Å². The molecule has 1 aromatic rings. The highest BCUT2D eigenvalue weighted by molar-refractivity contribution is 6.22. The second-order valence-electron chi connectivity index (χ2n) is 5.98. The van der Waals surface area contributed by atoms with E-state index in [2.05, 4.69) is 5.32 Å². The first-order valence-corrected chi connectivity index (χ1v) is 7.32. The van der Waals surface area contributed by atoms with E-state index in [9.17, 15) is 9.59 Å². The van der Waals surface area contributed by atoms with E-state index >= 15 is 0 Å². The lowest BCUT2D eigenvalue weighted by atomic mass is 9.93. The number of benzene rings is 1. The van der Waals surface area contributed by atoms with Gasteiger partial charge in [-0.3, -0.25) is 14.9 Å². The molecular weight excluding hydrogens is 268 g/mol. The van der Waals surface area contributed by atoms with Gasteiger partial charge in [0.15, 0.2) is 0 Å². The van der Waals surface area contributed by atoms with E-state index in [1.165, 1.54) is 4.90 Å². The van der Waals surface area contributed by atoms with E-state index < -0.39 is 6.04 Å². The first-order valence-electron chi connectivity index (χ1n) is 7.32. The first-order chi connectivity index (χ1) is 10.0. The summed E-state index contributed by atoms with van der Waals surface area (Å²) in [5.74, 6) is -0.328. The number of ether oxygens (including phenoxy) is 1. The Bertz CT molecular complexity index is 560. The van der Waals surface area contributed by atoms with Crippen LogP contribution in [0.25, 0.3) is 0 Å². The van der Waals surface area contributed by atoms with Crippen LogP contribution >= 0.6 is 0 Å². The normalized spacial score (nSPS) is 33.0. The topological polar surface area (TPSA) is 58.6 Å². The van der Waals surface area contributed by atoms with Crippen molar-refractivity contribution < 1.29 is 14.3 Å². The molecule has 112 valence electrons. The maximum atomic E-state index is 12.6. The summed E-state index contributed by atoms with van der Waals surface area (Å²) >= 11 is 0. The SMILES string of the molecule is CC1OCCC1(C)NC1CC(=O)N(c2ccccc2)C1=O. The maximum absolute atomic E-state index is 12.6. The molecule has 2 saturated heterocycles. The highest BCUT2D eigenvalue weighted by Crippen LogP contribution is 2.29. The van der Waals surface area contributed by atoms with Crippen molar-refractivity contribution in [1.82, 2.24) is 5.32 Å². The van der Waals surface area contributed by atoms with Crippen molar-refractivity contribution in [3.63, 3.8) is 0 Å². The summed E-state index contributed by atoms with van der Waals surface area (Å²) in [6.45, 7) is 4.73. The summed E-state index contributed by atoms with van der Waals surface area (Å²) in [5.41, 5.74) is 0.380. The van der Waals surface area contributed by atoms with Gasteiger partial charge in [-0.25, -0.2) is 4.90 Å². The van der Waals surface area contributed by atoms with E-state index in [1.807, 2.05) is 32.0 Å². The van der Waals surface area contributed by atoms with E-state index in [0.717, 1.165) is 6.42 Å². The molecule has 5 nitrogen and oxygen atoms in total. The van der Waals surface area contributed by atoms with Crippen molar-refractivity contribution in [2.45, 2.75) is 44.4 Å². The van der Waals surface area contributed by atoms with Gasteiger partial charge in [-0.15, -0.1) is 0 Å². The third-order valence-electron chi connectivity index (χ3n) is 4.55. The summed E-state index contributed by atoms with van der Waals surface area (Å²) < 4.78 is 5.58. The standard InChI is InChI=1S/C16H20N2O3/c1-11-16(2,8-9-21-11)17-13-10-14(19)18(15(13)20)12-6-4-3-5-7-12/h3-7,11,13,17H,8-10H2,1-2H3. The van der Waals surface area contributed by atoms with Crippen molar-refractivity contribution in [3.8, 4) is 0 Å². The molecule has 0 aliphatic carbocycles. The zero-order valence-corrected chi connectivity index (χ0v) is 12.3. The van der Waals surface area contributed by atoms with Gasteiger partial charge >= 0.3 is 0 Å². The van der Waals surface area contributed by atoms with Crippen molar-refractivity contribution >= 4 is 17.5 Å². The van der Waals surface area contributed by atoms with Crippen LogP contribution in [0.3, 0.4) is 0 Å². The van der Waals surface area contributed by atoms with Gasteiger partial charge < -0.3 is 4.74 Å². The Morgan fingerprint density at radius 2 is 2.00 bits per heavy atom. The Labute approximate surface area is 124 Å². The molecule has 2 fully saturated rings. The van der Waals surface area contributed by atoms with Gasteiger partial charge in [0.05, 0.1) is 24.3 Å². The second kappa shape index (κ2) is 5.24.